The lowest BCUT2D eigenvalue weighted by Gasteiger charge is -2.26. The van der Waals surface area contributed by atoms with Crippen LogP contribution in [0.3, 0.4) is 0 Å². The Labute approximate surface area is 213 Å². The van der Waals surface area contributed by atoms with E-state index in [1.165, 1.54) is 11.3 Å². The maximum atomic E-state index is 12.6. The Balaban J connectivity index is 1.50. The fourth-order valence-electron chi connectivity index (χ4n) is 4.64. The lowest BCUT2D eigenvalue weighted by molar-refractivity contribution is 0.331. The SMILES string of the molecule is Cc1nc(CNCCF)nc(N2CCOc3ccc(-c4cnc5sc(N)nc5c4)cc3C2)c1C(C)C. The third-order valence-electron chi connectivity index (χ3n) is 6.23. The van der Waals surface area contributed by atoms with Crippen molar-refractivity contribution >= 4 is 32.6 Å². The van der Waals surface area contributed by atoms with Crippen molar-refractivity contribution in [3.8, 4) is 16.9 Å². The van der Waals surface area contributed by atoms with E-state index in [-0.39, 0.29) is 12.5 Å². The van der Waals surface area contributed by atoms with Gasteiger partial charge in [0.2, 0.25) is 0 Å². The van der Waals surface area contributed by atoms with Gasteiger partial charge in [-0.25, -0.2) is 24.3 Å². The Bertz CT molecular complexity index is 1390. The topological polar surface area (TPSA) is 102 Å². The molecule has 0 spiro atoms. The van der Waals surface area contributed by atoms with Gasteiger partial charge in [-0.15, -0.1) is 0 Å². The number of rotatable bonds is 7. The van der Waals surface area contributed by atoms with Gasteiger partial charge in [0.25, 0.3) is 0 Å². The Morgan fingerprint density at radius 1 is 1.19 bits per heavy atom. The van der Waals surface area contributed by atoms with Crippen molar-refractivity contribution in [3.05, 3.63) is 53.1 Å². The first-order chi connectivity index (χ1) is 17.4. The van der Waals surface area contributed by atoms with Gasteiger partial charge in [-0.2, -0.15) is 0 Å². The smallest absolute Gasteiger partial charge is 0.182 e. The fraction of sp³-hybridized carbons (Fsp3) is 0.385. The second kappa shape index (κ2) is 10.3. The number of nitrogens with two attached hydrogens (primary N) is 1. The highest BCUT2D eigenvalue weighted by Crippen LogP contribution is 2.35. The molecule has 8 nitrogen and oxygen atoms in total. The maximum Gasteiger partial charge on any atom is 0.182 e. The zero-order chi connectivity index (χ0) is 25.2. The Hall–Kier alpha value is -3.37. The third kappa shape index (κ3) is 4.96. The summed E-state index contributed by atoms with van der Waals surface area (Å²) >= 11 is 1.39. The number of nitrogen functional groups attached to an aromatic ring is 1. The number of aryl methyl sites for hydroxylation is 1. The van der Waals surface area contributed by atoms with Crippen molar-refractivity contribution in [1.82, 2.24) is 25.3 Å². The van der Waals surface area contributed by atoms with Crippen LogP contribution in [-0.2, 0) is 13.1 Å². The molecule has 0 fully saturated rings. The van der Waals surface area contributed by atoms with Gasteiger partial charge in [-0.05, 0) is 36.6 Å². The number of nitrogens with zero attached hydrogens (tertiary/aromatic N) is 5. The van der Waals surface area contributed by atoms with Crippen molar-refractivity contribution in [2.24, 2.45) is 0 Å². The normalized spacial score (nSPS) is 13.6. The number of alkyl halides is 1. The number of hydrogen-bond donors (Lipinski definition) is 2. The minimum Gasteiger partial charge on any atom is -0.491 e. The lowest BCUT2D eigenvalue weighted by atomic mass is 10.0. The highest BCUT2D eigenvalue weighted by Gasteiger charge is 2.23. The van der Waals surface area contributed by atoms with Crippen LogP contribution in [0.25, 0.3) is 21.5 Å². The van der Waals surface area contributed by atoms with E-state index in [0.717, 1.165) is 49.9 Å². The standard InChI is InChI=1S/C26H30FN7OS/c1-15(2)23-16(3)31-22(13-29-7-6-27)33-24(23)34-8-9-35-21-5-4-17(10-19(21)14-34)18-11-20-25(30-12-18)36-26(28)32-20/h4-5,10-12,15,29H,6-9,13-14H2,1-3H3,(H2,28,32). The average Bonchev–Trinajstić information content (AvgIpc) is 3.09. The number of thiazole rings is 1. The number of ether oxygens (including phenoxy) is 1. The van der Waals surface area contributed by atoms with Crippen LogP contribution in [-0.4, -0.2) is 46.3 Å². The second-order valence-electron chi connectivity index (χ2n) is 9.18. The van der Waals surface area contributed by atoms with Crippen molar-refractivity contribution in [3.63, 3.8) is 0 Å². The molecule has 0 radical (unpaired) electrons. The van der Waals surface area contributed by atoms with Crippen molar-refractivity contribution < 1.29 is 9.13 Å². The summed E-state index contributed by atoms with van der Waals surface area (Å²) in [6.07, 6.45) is 1.86. The average molecular weight is 508 g/mol. The number of nitrogens with one attached hydrogen (secondary N) is 1. The van der Waals surface area contributed by atoms with E-state index in [9.17, 15) is 4.39 Å². The van der Waals surface area contributed by atoms with Gasteiger partial charge in [0.05, 0.1) is 13.1 Å². The van der Waals surface area contributed by atoms with Gasteiger partial charge in [0.15, 0.2) is 5.13 Å². The van der Waals surface area contributed by atoms with E-state index >= 15 is 0 Å². The fourth-order valence-corrected chi connectivity index (χ4v) is 5.30. The van der Waals surface area contributed by atoms with Crippen LogP contribution in [0.2, 0.25) is 0 Å². The number of halogens is 1. The molecule has 4 heterocycles. The monoisotopic (exact) mass is 507 g/mol. The molecule has 0 aliphatic carbocycles. The van der Waals surface area contributed by atoms with Crippen LogP contribution < -0.4 is 20.7 Å². The number of aromatic nitrogens is 4. The molecule has 0 atom stereocenters. The van der Waals surface area contributed by atoms with Gasteiger partial charge in [-0.1, -0.05) is 31.3 Å². The molecule has 0 amide bonds. The molecule has 188 valence electrons. The number of pyridine rings is 1. The molecule has 0 bridgehead atoms. The minimum absolute atomic E-state index is 0.256. The van der Waals surface area contributed by atoms with Crippen LogP contribution in [0.5, 0.6) is 5.75 Å². The van der Waals surface area contributed by atoms with Crippen molar-refractivity contribution in [2.75, 3.05) is 37.0 Å². The summed E-state index contributed by atoms with van der Waals surface area (Å²) in [5.41, 5.74) is 11.8. The van der Waals surface area contributed by atoms with Crippen LogP contribution in [0.4, 0.5) is 15.3 Å². The van der Waals surface area contributed by atoms with E-state index in [4.69, 9.17) is 20.4 Å². The molecule has 1 aliphatic heterocycles. The summed E-state index contributed by atoms with van der Waals surface area (Å²) in [5.74, 6) is 2.71. The van der Waals surface area contributed by atoms with Crippen LogP contribution in [0, 0.1) is 6.92 Å². The molecule has 0 saturated heterocycles. The quantitative estimate of drug-likeness (QED) is 0.350. The molecular weight excluding hydrogens is 477 g/mol. The molecule has 3 aromatic heterocycles. The summed E-state index contributed by atoms with van der Waals surface area (Å²) in [6.45, 7) is 8.52. The zero-order valence-corrected chi connectivity index (χ0v) is 21.5. The highest BCUT2D eigenvalue weighted by atomic mass is 32.1. The molecule has 1 aliphatic rings. The second-order valence-corrected chi connectivity index (χ2v) is 10.2. The van der Waals surface area contributed by atoms with E-state index in [1.54, 1.807) is 0 Å². The molecule has 0 unspecified atom stereocenters. The summed E-state index contributed by atoms with van der Waals surface area (Å²) < 4.78 is 18.7. The van der Waals surface area contributed by atoms with Crippen LogP contribution >= 0.6 is 11.3 Å². The first kappa shape index (κ1) is 24.3. The summed E-state index contributed by atoms with van der Waals surface area (Å²) in [5, 5.41) is 3.58. The summed E-state index contributed by atoms with van der Waals surface area (Å²) in [7, 11) is 0. The van der Waals surface area contributed by atoms with E-state index in [2.05, 4.69) is 46.2 Å². The van der Waals surface area contributed by atoms with Gasteiger partial charge >= 0.3 is 0 Å². The number of fused-ring (bicyclic) bond motifs is 2. The summed E-state index contributed by atoms with van der Waals surface area (Å²) in [4.78, 5) is 21.6. The highest BCUT2D eigenvalue weighted by molar-refractivity contribution is 7.21. The van der Waals surface area contributed by atoms with Gasteiger partial charge in [0.1, 0.15) is 41.0 Å². The van der Waals surface area contributed by atoms with Crippen LogP contribution in [0.1, 0.15) is 42.4 Å². The third-order valence-corrected chi connectivity index (χ3v) is 7.04. The zero-order valence-electron chi connectivity index (χ0n) is 20.7. The van der Waals surface area contributed by atoms with Crippen LogP contribution in [0.15, 0.2) is 30.5 Å². The largest absolute Gasteiger partial charge is 0.491 e. The van der Waals surface area contributed by atoms with Crippen molar-refractivity contribution in [2.45, 2.75) is 39.8 Å². The Kier molecular flexibility index (Phi) is 6.97. The van der Waals surface area contributed by atoms with Gasteiger partial charge < -0.3 is 20.7 Å². The minimum atomic E-state index is -0.420. The molecule has 0 saturated carbocycles. The first-order valence-electron chi connectivity index (χ1n) is 12.1. The molecule has 36 heavy (non-hydrogen) atoms. The Morgan fingerprint density at radius 2 is 2.06 bits per heavy atom. The molecule has 4 aromatic rings. The predicted octanol–water partition coefficient (Wildman–Crippen LogP) is 4.62. The molecule has 5 rings (SSSR count). The predicted molar refractivity (Wildman–Crippen MR) is 142 cm³/mol. The van der Waals surface area contributed by atoms with Gasteiger partial charge in [0, 0.05) is 41.7 Å². The molecular formula is C26H30FN7OS. The van der Waals surface area contributed by atoms with E-state index in [0.29, 0.717) is 37.2 Å². The number of hydrogen-bond acceptors (Lipinski definition) is 9. The first-order valence-corrected chi connectivity index (χ1v) is 12.9. The Morgan fingerprint density at radius 3 is 2.86 bits per heavy atom. The van der Waals surface area contributed by atoms with E-state index < -0.39 is 6.67 Å². The lowest BCUT2D eigenvalue weighted by Crippen LogP contribution is -2.29. The molecule has 3 N–H and O–H groups in total. The molecule has 10 heteroatoms. The van der Waals surface area contributed by atoms with E-state index in [1.807, 2.05) is 25.3 Å². The molecule has 1 aromatic carbocycles. The number of benzene rings is 1. The number of anilines is 2. The maximum absolute atomic E-state index is 12.6. The van der Waals surface area contributed by atoms with Crippen molar-refractivity contribution in [1.29, 1.82) is 0 Å². The van der Waals surface area contributed by atoms with Gasteiger partial charge in [-0.3, -0.25) is 0 Å². The summed E-state index contributed by atoms with van der Waals surface area (Å²) in [6, 6.07) is 8.25.